The van der Waals surface area contributed by atoms with Crippen molar-refractivity contribution < 1.29 is 18.9 Å². The normalized spacial score (nSPS) is 10.3. The van der Waals surface area contributed by atoms with Gasteiger partial charge in [-0.3, -0.25) is 19.7 Å². The fraction of sp³-hybridized carbons (Fsp3) is 0.222. The van der Waals surface area contributed by atoms with Crippen LogP contribution in [0.3, 0.4) is 0 Å². The first-order chi connectivity index (χ1) is 12.7. The van der Waals surface area contributed by atoms with Gasteiger partial charge < -0.3 is 16.0 Å². The summed E-state index contributed by atoms with van der Waals surface area (Å²) in [4.78, 5) is 35.8. The molecule has 0 fully saturated rings. The summed E-state index contributed by atoms with van der Waals surface area (Å²) in [7, 11) is 1.32. The summed E-state index contributed by atoms with van der Waals surface area (Å²) >= 11 is 0. The minimum absolute atomic E-state index is 0.333. The van der Waals surface area contributed by atoms with E-state index in [0.29, 0.717) is 18.2 Å². The maximum Gasteiger partial charge on any atom is 0.295 e. The Morgan fingerprint density at radius 2 is 1.96 bits per heavy atom. The Morgan fingerprint density at radius 1 is 1.30 bits per heavy atom. The van der Waals surface area contributed by atoms with E-state index >= 15 is 0 Å². The number of nitro benzene ring substituents is 1. The quantitative estimate of drug-likeness (QED) is 0.458. The summed E-state index contributed by atoms with van der Waals surface area (Å²) in [5.74, 6) is -2.22. The number of nitrogen functional groups attached to an aromatic ring is 1. The highest BCUT2D eigenvalue weighted by Crippen LogP contribution is 2.27. The van der Waals surface area contributed by atoms with E-state index in [-0.39, 0.29) is 12.1 Å². The van der Waals surface area contributed by atoms with Crippen molar-refractivity contribution in [1.82, 2.24) is 4.90 Å². The lowest BCUT2D eigenvalue weighted by Gasteiger charge is -2.18. The Kier molecular flexibility index (Phi) is 6.07. The summed E-state index contributed by atoms with van der Waals surface area (Å²) in [5.41, 5.74) is 5.67. The maximum absolute atomic E-state index is 13.6. The monoisotopic (exact) mass is 374 g/mol. The average molecular weight is 374 g/mol. The maximum atomic E-state index is 13.6. The van der Waals surface area contributed by atoms with Crippen LogP contribution < -0.4 is 11.1 Å². The lowest BCUT2D eigenvalue weighted by atomic mass is 10.1. The number of para-hydroxylation sites is 1. The van der Waals surface area contributed by atoms with E-state index in [1.54, 1.807) is 12.1 Å². The summed E-state index contributed by atoms with van der Waals surface area (Å²) in [6, 6.07) is 8.69. The molecule has 0 aliphatic carbocycles. The first-order valence-corrected chi connectivity index (χ1v) is 8.11. The fourth-order valence-electron chi connectivity index (χ4n) is 2.56. The summed E-state index contributed by atoms with van der Waals surface area (Å²) in [6.45, 7) is 1.61. The number of hydrogen-bond donors (Lipinski definition) is 2. The number of halogens is 1. The molecule has 0 aliphatic heterocycles. The number of likely N-dealkylation sites (N-methyl/N-ethyl adjacent to an activating group) is 1. The van der Waals surface area contributed by atoms with Crippen molar-refractivity contribution in [3.63, 3.8) is 0 Å². The number of amides is 2. The van der Waals surface area contributed by atoms with E-state index in [9.17, 15) is 24.1 Å². The second-order valence-corrected chi connectivity index (χ2v) is 5.86. The number of nitro groups is 1. The van der Waals surface area contributed by atoms with Gasteiger partial charge in [-0.15, -0.1) is 0 Å². The Hall–Kier alpha value is -3.49. The first-order valence-electron chi connectivity index (χ1n) is 8.11. The van der Waals surface area contributed by atoms with Crippen LogP contribution in [-0.2, 0) is 11.2 Å². The molecule has 2 amide bonds. The average Bonchev–Trinajstić information content (AvgIpc) is 2.62. The summed E-state index contributed by atoms with van der Waals surface area (Å²) < 4.78 is 13.6. The molecule has 0 heterocycles. The molecule has 2 aromatic carbocycles. The van der Waals surface area contributed by atoms with Crippen molar-refractivity contribution in [2.45, 2.75) is 13.3 Å². The molecule has 2 aromatic rings. The smallest absolute Gasteiger partial charge is 0.295 e. The highest BCUT2D eigenvalue weighted by Gasteiger charge is 2.24. The molecule has 3 N–H and O–H groups in total. The fourth-order valence-corrected chi connectivity index (χ4v) is 2.56. The third-order valence-electron chi connectivity index (χ3n) is 3.95. The lowest BCUT2D eigenvalue weighted by molar-refractivity contribution is -0.384. The molecule has 0 atom stereocenters. The van der Waals surface area contributed by atoms with Gasteiger partial charge in [0.1, 0.15) is 11.5 Å². The second kappa shape index (κ2) is 8.26. The molecule has 27 heavy (non-hydrogen) atoms. The standard InChI is InChI=1S/C18H19FN4O4/c1-3-11-6-4-5-7-14(11)21-16(24)10-22(2)18(25)13-8-12(19)9-15(17(13)20)23(26)27/h4-9H,3,10,20H2,1-2H3,(H,21,24). The van der Waals surface area contributed by atoms with Crippen LogP contribution in [0.5, 0.6) is 0 Å². The molecule has 9 heteroatoms. The molecule has 0 saturated heterocycles. The van der Waals surface area contributed by atoms with Gasteiger partial charge in [0.05, 0.1) is 23.1 Å². The third kappa shape index (κ3) is 4.57. The minimum atomic E-state index is -0.964. The van der Waals surface area contributed by atoms with Gasteiger partial charge in [0.15, 0.2) is 0 Å². The molecule has 0 bridgehead atoms. The van der Waals surface area contributed by atoms with Crippen LogP contribution >= 0.6 is 0 Å². The van der Waals surface area contributed by atoms with Gasteiger partial charge in [0, 0.05) is 12.7 Å². The largest absolute Gasteiger partial charge is 0.393 e. The van der Waals surface area contributed by atoms with Crippen LogP contribution in [0, 0.1) is 15.9 Å². The van der Waals surface area contributed by atoms with Gasteiger partial charge >= 0.3 is 0 Å². The van der Waals surface area contributed by atoms with Gasteiger partial charge in [-0.1, -0.05) is 25.1 Å². The van der Waals surface area contributed by atoms with E-state index < -0.39 is 33.9 Å². The molecule has 0 saturated carbocycles. The lowest BCUT2D eigenvalue weighted by Crippen LogP contribution is -2.35. The molecule has 0 unspecified atom stereocenters. The number of aryl methyl sites for hydroxylation is 1. The van der Waals surface area contributed by atoms with Crippen molar-refractivity contribution in [3.8, 4) is 0 Å². The van der Waals surface area contributed by atoms with Crippen molar-refractivity contribution in [3.05, 3.63) is 63.5 Å². The molecule has 0 spiro atoms. The van der Waals surface area contributed by atoms with E-state index in [2.05, 4.69) is 5.32 Å². The molecule has 2 rings (SSSR count). The number of nitrogens with one attached hydrogen (secondary N) is 1. The Morgan fingerprint density at radius 3 is 2.59 bits per heavy atom. The number of nitrogens with zero attached hydrogens (tertiary/aromatic N) is 2. The van der Waals surface area contributed by atoms with Crippen LogP contribution in [0.15, 0.2) is 36.4 Å². The van der Waals surface area contributed by atoms with Crippen LogP contribution in [0.1, 0.15) is 22.8 Å². The highest BCUT2D eigenvalue weighted by atomic mass is 19.1. The highest BCUT2D eigenvalue weighted by molar-refractivity contribution is 6.03. The topological polar surface area (TPSA) is 119 Å². The second-order valence-electron chi connectivity index (χ2n) is 5.86. The Labute approximate surface area is 154 Å². The SMILES string of the molecule is CCc1ccccc1NC(=O)CN(C)C(=O)c1cc(F)cc([N+](=O)[O-])c1N. The zero-order valence-electron chi connectivity index (χ0n) is 14.9. The van der Waals surface area contributed by atoms with Crippen LogP contribution in [0.4, 0.5) is 21.5 Å². The van der Waals surface area contributed by atoms with Gasteiger partial charge in [0.2, 0.25) is 5.91 Å². The first kappa shape index (κ1) is 19.8. The van der Waals surface area contributed by atoms with Gasteiger partial charge in [-0.25, -0.2) is 4.39 Å². The minimum Gasteiger partial charge on any atom is -0.393 e. The number of hydrogen-bond acceptors (Lipinski definition) is 5. The van der Waals surface area contributed by atoms with E-state index in [4.69, 9.17) is 5.73 Å². The number of anilines is 2. The Balaban J connectivity index is 2.16. The number of benzene rings is 2. The predicted octanol–water partition coefficient (Wildman–Crippen LogP) is 2.59. The van der Waals surface area contributed by atoms with Crippen molar-refractivity contribution in [2.24, 2.45) is 0 Å². The number of carbonyl (C=O) groups excluding carboxylic acids is 2. The number of nitrogens with two attached hydrogens (primary N) is 1. The van der Waals surface area contributed by atoms with Gasteiger partial charge in [-0.2, -0.15) is 0 Å². The van der Waals surface area contributed by atoms with Crippen molar-refractivity contribution in [2.75, 3.05) is 24.6 Å². The molecule has 0 radical (unpaired) electrons. The van der Waals surface area contributed by atoms with Crippen LogP contribution in [0.25, 0.3) is 0 Å². The van der Waals surface area contributed by atoms with Crippen LogP contribution in [0.2, 0.25) is 0 Å². The third-order valence-corrected chi connectivity index (χ3v) is 3.95. The molecular formula is C18H19FN4O4. The molecule has 8 nitrogen and oxygen atoms in total. The van der Waals surface area contributed by atoms with E-state index in [0.717, 1.165) is 16.5 Å². The van der Waals surface area contributed by atoms with E-state index in [1.165, 1.54) is 7.05 Å². The van der Waals surface area contributed by atoms with Crippen molar-refractivity contribution >= 4 is 28.9 Å². The van der Waals surface area contributed by atoms with Crippen molar-refractivity contribution in [1.29, 1.82) is 0 Å². The Bertz CT molecular complexity index is 901. The molecule has 142 valence electrons. The van der Waals surface area contributed by atoms with Gasteiger partial charge in [0.25, 0.3) is 11.6 Å². The number of rotatable bonds is 6. The molecule has 0 aliphatic rings. The summed E-state index contributed by atoms with van der Waals surface area (Å²) in [6.07, 6.45) is 0.717. The predicted molar refractivity (Wildman–Crippen MR) is 98.9 cm³/mol. The summed E-state index contributed by atoms with van der Waals surface area (Å²) in [5, 5.41) is 13.6. The zero-order chi connectivity index (χ0) is 20.1. The zero-order valence-corrected chi connectivity index (χ0v) is 14.9. The number of carbonyl (C=O) groups is 2. The van der Waals surface area contributed by atoms with Gasteiger partial charge in [-0.05, 0) is 24.1 Å². The molecule has 0 aromatic heterocycles. The molecular weight excluding hydrogens is 355 g/mol. The van der Waals surface area contributed by atoms with Crippen LogP contribution in [-0.4, -0.2) is 35.2 Å². The van der Waals surface area contributed by atoms with E-state index in [1.807, 2.05) is 19.1 Å².